The van der Waals surface area contributed by atoms with E-state index < -0.39 is 0 Å². The van der Waals surface area contributed by atoms with Gasteiger partial charge in [-0.05, 0) is 31.9 Å². The van der Waals surface area contributed by atoms with E-state index in [1.165, 1.54) is 16.5 Å². The van der Waals surface area contributed by atoms with Crippen molar-refractivity contribution >= 4 is 10.9 Å². The van der Waals surface area contributed by atoms with Gasteiger partial charge in [0.1, 0.15) is 0 Å². The number of ether oxygens (including phenoxy) is 2. The minimum Gasteiger partial charge on any atom is -0.490 e. The molecule has 0 spiro atoms. The van der Waals surface area contributed by atoms with E-state index in [4.69, 9.17) is 15.2 Å². The lowest BCUT2D eigenvalue weighted by Crippen LogP contribution is -2.08. The zero-order chi connectivity index (χ0) is 14.5. The van der Waals surface area contributed by atoms with Crippen LogP contribution < -0.4 is 15.2 Å². The first-order valence-electron chi connectivity index (χ1n) is 7.36. The zero-order valence-corrected chi connectivity index (χ0v) is 12.6. The fourth-order valence-electron chi connectivity index (χ4n) is 2.51. The Morgan fingerprint density at radius 3 is 2.25 bits per heavy atom. The summed E-state index contributed by atoms with van der Waals surface area (Å²) < 4.78 is 13.6. The van der Waals surface area contributed by atoms with E-state index >= 15 is 0 Å². The molecule has 2 N–H and O–H groups in total. The lowest BCUT2D eigenvalue weighted by molar-refractivity contribution is 0.288. The van der Waals surface area contributed by atoms with E-state index in [0.717, 1.165) is 24.5 Å². The average molecular weight is 276 g/mol. The maximum absolute atomic E-state index is 5.71. The second kappa shape index (κ2) is 6.66. The van der Waals surface area contributed by atoms with Gasteiger partial charge in [0.05, 0.1) is 18.7 Å². The number of aryl methyl sites for hydroxylation is 1. The number of fused-ring (bicyclic) bond motifs is 1. The number of nitrogens with zero attached hydrogens (tertiary/aromatic N) is 1. The standard InChI is InChI=1S/C16H24N2O2/c1-4-12-11-18(8-7-17)14-10-16(20-6-3)15(19-5-2)9-13(12)14/h9-11H,4-8,17H2,1-3H3. The van der Waals surface area contributed by atoms with E-state index in [1.807, 2.05) is 13.8 Å². The number of nitrogens with two attached hydrogens (primary N) is 1. The van der Waals surface area contributed by atoms with E-state index in [1.54, 1.807) is 0 Å². The Balaban J connectivity index is 2.60. The maximum Gasteiger partial charge on any atom is 0.163 e. The van der Waals surface area contributed by atoms with Crippen molar-refractivity contribution in [2.45, 2.75) is 33.7 Å². The van der Waals surface area contributed by atoms with Crippen LogP contribution in [0.2, 0.25) is 0 Å². The monoisotopic (exact) mass is 276 g/mol. The highest BCUT2D eigenvalue weighted by Crippen LogP contribution is 2.35. The molecule has 1 heterocycles. The number of aromatic nitrogens is 1. The van der Waals surface area contributed by atoms with Gasteiger partial charge < -0.3 is 19.8 Å². The smallest absolute Gasteiger partial charge is 0.163 e. The van der Waals surface area contributed by atoms with Crippen LogP contribution in [-0.2, 0) is 13.0 Å². The molecule has 2 aromatic rings. The molecule has 1 aromatic heterocycles. The minimum absolute atomic E-state index is 0.629. The molecule has 0 radical (unpaired) electrons. The highest BCUT2D eigenvalue weighted by Gasteiger charge is 2.13. The number of rotatable bonds is 7. The van der Waals surface area contributed by atoms with Crippen LogP contribution in [0.4, 0.5) is 0 Å². The third kappa shape index (κ3) is 2.75. The van der Waals surface area contributed by atoms with Crippen molar-refractivity contribution in [3.63, 3.8) is 0 Å². The maximum atomic E-state index is 5.71. The Labute approximate surface area is 120 Å². The quantitative estimate of drug-likeness (QED) is 0.846. The van der Waals surface area contributed by atoms with Crippen molar-refractivity contribution in [2.24, 2.45) is 5.73 Å². The Morgan fingerprint density at radius 1 is 1.05 bits per heavy atom. The second-order valence-corrected chi connectivity index (χ2v) is 4.67. The lowest BCUT2D eigenvalue weighted by atomic mass is 10.1. The average Bonchev–Trinajstić information content (AvgIpc) is 2.78. The molecule has 4 nitrogen and oxygen atoms in total. The number of hydrogen-bond acceptors (Lipinski definition) is 3. The summed E-state index contributed by atoms with van der Waals surface area (Å²) in [7, 11) is 0. The van der Waals surface area contributed by atoms with Crippen LogP contribution in [0.15, 0.2) is 18.3 Å². The van der Waals surface area contributed by atoms with Crippen molar-refractivity contribution in [3.8, 4) is 11.5 Å². The van der Waals surface area contributed by atoms with E-state index in [2.05, 4.69) is 29.8 Å². The second-order valence-electron chi connectivity index (χ2n) is 4.67. The molecule has 0 aliphatic carbocycles. The minimum atomic E-state index is 0.629. The SMILES string of the molecule is CCOc1cc2c(CC)cn(CCN)c2cc1OCC. The van der Waals surface area contributed by atoms with Crippen LogP contribution in [-0.4, -0.2) is 24.3 Å². The topological polar surface area (TPSA) is 49.4 Å². The van der Waals surface area contributed by atoms with Gasteiger partial charge in [-0.15, -0.1) is 0 Å². The summed E-state index contributed by atoms with van der Waals surface area (Å²) in [5.74, 6) is 1.63. The molecule has 0 aliphatic heterocycles. The first-order chi connectivity index (χ1) is 9.74. The Kier molecular flexibility index (Phi) is 4.90. The van der Waals surface area contributed by atoms with E-state index in [-0.39, 0.29) is 0 Å². The predicted octanol–water partition coefficient (Wildman–Crippen LogP) is 2.96. The summed E-state index contributed by atoms with van der Waals surface area (Å²) in [4.78, 5) is 0. The van der Waals surface area contributed by atoms with Crippen molar-refractivity contribution in [3.05, 3.63) is 23.9 Å². The zero-order valence-electron chi connectivity index (χ0n) is 12.6. The first-order valence-corrected chi connectivity index (χ1v) is 7.36. The van der Waals surface area contributed by atoms with E-state index in [9.17, 15) is 0 Å². The summed E-state index contributed by atoms with van der Waals surface area (Å²) in [5.41, 5.74) is 8.18. The Morgan fingerprint density at radius 2 is 1.70 bits per heavy atom. The van der Waals surface area contributed by atoms with Gasteiger partial charge in [-0.2, -0.15) is 0 Å². The molecule has 0 saturated carbocycles. The largest absolute Gasteiger partial charge is 0.490 e. The first kappa shape index (κ1) is 14.7. The highest BCUT2D eigenvalue weighted by atomic mass is 16.5. The third-order valence-corrected chi connectivity index (χ3v) is 3.38. The Bertz CT molecular complexity index is 575. The van der Waals surface area contributed by atoms with Crippen LogP contribution in [0.5, 0.6) is 11.5 Å². The number of benzene rings is 1. The van der Waals surface area contributed by atoms with Gasteiger partial charge in [0.15, 0.2) is 11.5 Å². The van der Waals surface area contributed by atoms with Crippen LogP contribution in [0.1, 0.15) is 26.3 Å². The van der Waals surface area contributed by atoms with Crippen LogP contribution in [0.25, 0.3) is 10.9 Å². The summed E-state index contributed by atoms with van der Waals surface area (Å²) in [6, 6.07) is 4.16. The fraction of sp³-hybridized carbons (Fsp3) is 0.500. The predicted molar refractivity (Wildman–Crippen MR) is 82.7 cm³/mol. The van der Waals surface area contributed by atoms with Gasteiger partial charge in [0, 0.05) is 30.7 Å². The molecular weight excluding hydrogens is 252 g/mol. The fourth-order valence-corrected chi connectivity index (χ4v) is 2.51. The van der Waals surface area contributed by atoms with Gasteiger partial charge in [-0.25, -0.2) is 0 Å². The third-order valence-electron chi connectivity index (χ3n) is 3.38. The van der Waals surface area contributed by atoms with Crippen LogP contribution in [0, 0.1) is 0 Å². The molecule has 4 heteroatoms. The van der Waals surface area contributed by atoms with Gasteiger partial charge in [0.25, 0.3) is 0 Å². The summed E-state index contributed by atoms with van der Waals surface area (Å²) in [6.45, 7) is 8.84. The van der Waals surface area contributed by atoms with Crippen LogP contribution >= 0.6 is 0 Å². The van der Waals surface area contributed by atoms with Gasteiger partial charge in [0.2, 0.25) is 0 Å². The van der Waals surface area contributed by atoms with E-state index in [0.29, 0.717) is 19.8 Å². The molecule has 0 amide bonds. The molecule has 0 atom stereocenters. The molecular formula is C16H24N2O2. The molecule has 0 unspecified atom stereocenters. The van der Waals surface area contributed by atoms with Crippen molar-refractivity contribution in [1.82, 2.24) is 4.57 Å². The molecule has 0 fully saturated rings. The molecule has 0 saturated heterocycles. The molecule has 1 aromatic carbocycles. The van der Waals surface area contributed by atoms with Crippen LogP contribution in [0.3, 0.4) is 0 Å². The lowest BCUT2D eigenvalue weighted by Gasteiger charge is -2.12. The number of hydrogen-bond donors (Lipinski definition) is 1. The van der Waals surface area contributed by atoms with Crippen molar-refractivity contribution in [1.29, 1.82) is 0 Å². The van der Waals surface area contributed by atoms with Gasteiger partial charge in [-0.3, -0.25) is 0 Å². The van der Waals surface area contributed by atoms with Gasteiger partial charge in [-0.1, -0.05) is 6.92 Å². The summed E-state index contributed by atoms with van der Waals surface area (Å²) in [6.07, 6.45) is 3.18. The Hall–Kier alpha value is -1.68. The summed E-state index contributed by atoms with van der Waals surface area (Å²) >= 11 is 0. The van der Waals surface area contributed by atoms with Crippen molar-refractivity contribution in [2.75, 3.05) is 19.8 Å². The summed E-state index contributed by atoms with van der Waals surface area (Å²) in [5, 5.41) is 1.23. The molecule has 2 rings (SSSR count). The molecule has 110 valence electrons. The molecule has 0 bridgehead atoms. The molecule has 0 aliphatic rings. The highest BCUT2D eigenvalue weighted by molar-refractivity contribution is 5.87. The van der Waals surface area contributed by atoms with Gasteiger partial charge >= 0.3 is 0 Å². The van der Waals surface area contributed by atoms with Crippen molar-refractivity contribution < 1.29 is 9.47 Å². The normalized spacial score (nSPS) is 11.0. The molecule has 20 heavy (non-hydrogen) atoms.